The first-order valence-electron chi connectivity index (χ1n) is 7.03. The monoisotopic (exact) mass is 293 g/mol. The van der Waals surface area contributed by atoms with Crippen molar-refractivity contribution in [2.24, 2.45) is 7.05 Å². The van der Waals surface area contributed by atoms with E-state index in [-0.39, 0.29) is 0 Å². The van der Waals surface area contributed by atoms with E-state index in [9.17, 15) is 0 Å². The van der Waals surface area contributed by atoms with Gasteiger partial charge in [0.05, 0.1) is 0 Å². The number of hydrogen-bond acceptors (Lipinski definition) is 5. The lowest BCUT2D eigenvalue weighted by Crippen LogP contribution is -2.03. The fraction of sp³-hybridized carbons (Fsp3) is 0.200. The van der Waals surface area contributed by atoms with Crippen LogP contribution in [-0.2, 0) is 13.6 Å². The second-order valence-corrected chi connectivity index (χ2v) is 5.34. The standard InChI is InChI=1S/C15H15N7/c1-9-5-11-6-10(3-4-12(11)19-9)7-16-14-13-15(18-8-17-14)22(2)21-20-13/h3-6,8,19H,7H2,1-2H3,(H,16,17,18). The van der Waals surface area contributed by atoms with E-state index in [1.165, 1.54) is 17.3 Å². The van der Waals surface area contributed by atoms with Gasteiger partial charge in [-0.25, -0.2) is 14.6 Å². The van der Waals surface area contributed by atoms with E-state index in [2.05, 4.69) is 61.8 Å². The highest BCUT2D eigenvalue weighted by Crippen LogP contribution is 2.19. The summed E-state index contributed by atoms with van der Waals surface area (Å²) in [6.07, 6.45) is 1.52. The van der Waals surface area contributed by atoms with E-state index in [0.717, 1.165) is 11.2 Å². The van der Waals surface area contributed by atoms with Crippen LogP contribution in [0.25, 0.3) is 22.1 Å². The molecule has 0 saturated carbocycles. The Kier molecular flexibility index (Phi) is 2.78. The number of rotatable bonds is 3. The van der Waals surface area contributed by atoms with Gasteiger partial charge in [-0.1, -0.05) is 11.3 Å². The van der Waals surface area contributed by atoms with Crippen molar-refractivity contribution >= 4 is 27.9 Å². The van der Waals surface area contributed by atoms with Gasteiger partial charge in [0, 0.05) is 24.8 Å². The highest BCUT2D eigenvalue weighted by Gasteiger charge is 2.09. The van der Waals surface area contributed by atoms with Crippen molar-refractivity contribution < 1.29 is 0 Å². The number of nitrogens with zero attached hydrogens (tertiary/aromatic N) is 5. The zero-order valence-electron chi connectivity index (χ0n) is 12.3. The Bertz CT molecular complexity index is 967. The molecule has 7 nitrogen and oxygen atoms in total. The largest absolute Gasteiger partial charge is 0.364 e. The van der Waals surface area contributed by atoms with Crippen molar-refractivity contribution in [1.82, 2.24) is 29.9 Å². The fourth-order valence-corrected chi connectivity index (χ4v) is 2.60. The molecular formula is C15H15N7. The number of aromatic nitrogens is 6. The molecule has 0 bridgehead atoms. The molecule has 0 amide bonds. The predicted molar refractivity (Wildman–Crippen MR) is 84.5 cm³/mol. The summed E-state index contributed by atoms with van der Waals surface area (Å²) in [5.41, 5.74) is 4.90. The maximum absolute atomic E-state index is 4.26. The molecule has 3 heterocycles. The molecule has 7 heteroatoms. The lowest BCUT2D eigenvalue weighted by molar-refractivity contribution is 0.729. The second-order valence-electron chi connectivity index (χ2n) is 5.34. The van der Waals surface area contributed by atoms with E-state index in [4.69, 9.17) is 0 Å². The highest BCUT2D eigenvalue weighted by molar-refractivity contribution is 5.82. The molecule has 4 rings (SSSR count). The maximum atomic E-state index is 4.26. The summed E-state index contributed by atoms with van der Waals surface area (Å²) in [4.78, 5) is 11.8. The molecule has 4 aromatic rings. The van der Waals surface area contributed by atoms with Crippen molar-refractivity contribution in [2.45, 2.75) is 13.5 Å². The summed E-state index contributed by atoms with van der Waals surface area (Å²) in [5.74, 6) is 0.698. The van der Waals surface area contributed by atoms with E-state index in [0.29, 0.717) is 23.5 Å². The van der Waals surface area contributed by atoms with Gasteiger partial charge >= 0.3 is 0 Å². The first-order valence-corrected chi connectivity index (χ1v) is 7.03. The minimum absolute atomic E-state index is 0.669. The van der Waals surface area contributed by atoms with Gasteiger partial charge in [-0.15, -0.1) is 5.10 Å². The summed E-state index contributed by atoms with van der Waals surface area (Å²) < 4.78 is 1.64. The number of aryl methyl sites for hydroxylation is 2. The van der Waals surface area contributed by atoms with Gasteiger partial charge in [0.25, 0.3) is 0 Å². The number of hydrogen-bond donors (Lipinski definition) is 2. The van der Waals surface area contributed by atoms with Gasteiger partial charge in [-0.2, -0.15) is 0 Å². The minimum Gasteiger partial charge on any atom is -0.364 e. The quantitative estimate of drug-likeness (QED) is 0.604. The van der Waals surface area contributed by atoms with Crippen molar-refractivity contribution in [3.05, 3.63) is 41.9 Å². The molecule has 22 heavy (non-hydrogen) atoms. The van der Waals surface area contributed by atoms with Gasteiger partial charge in [0.2, 0.25) is 0 Å². The van der Waals surface area contributed by atoms with Crippen molar-refractivity contribution in [3.8, 4) is 0 Å². The summed E-state index contributed by atoms with van der Waals surface area (Å²) in [7, 11) is 1.81. The van der Waals surface area contributed by atoms with Crippen LogP contribution in [0.15, 0.2) is 30.6 Å². The molecule has 0 saturated heterocycles. The normalized spacial score (nSPS) is 11.4. The van der Waals surface area contributed by atoms with Crippen molar-refractivity contribution in [2.75, 3.05) is 5.32 Å². The van der Waals surface area contributed by atoms with Gasteiger partial charge in [-0.05, 0) is 36.1 Å². The van der Waals surface area contributed by atoms with Crippen LogP contribution in [0.5, 0.6) is 0 Å². The van der Waals surface area contributed by atoms with E-state index < -0.39 is 0 Å². The van der Waals surface area contributed by atoms with Gasteiger partial charge < -0.3 is 10.3 Å². The number of H-pyrrole nitrogens is 1. The Morgan fingerprint density at radius 2 is 2.14 bits per heavy atom. The minimum atomic E-state index is 0.669. The number of nitrogens with one attached hydrogen (secondary N) is 2. The number of aromatic amines is 1. The lowest BCUT2D eigenvalue weighted by Gasteiger charge is -2.06. The molecule has 1 aromatic carbocycles. The molecule has 3 aromatic heterocycles. The average Bonchev–Trinajstić information content (AvgIpc) is 3.07. The third kappa shape index (κ3) is 2.07. The molecule has 0 fully saturated rings. The summed E-state index contributed by atoms with van der Waals surface area (Å²) in [5, 5.41) is 12.6. The average molecular weight is 293 g/mol. The Morgan fingerprint density at radius 1 is 1.23 bits per heavy atom. The highest BCUT2D eigenvalue weighted by atomic mass is 15.4. The zero-order chi connectivity index (χ0) is 15.1. The molecule has 0 spiro atoms. The Labute approximate surface area is 126 Å². The Balaban J connectivity index is 1.62. The molecule has 0 aliphatic carbocycles. The molecule has 110 valence electrons. The van der Waals surface area contributed by atoms with Crippen LogP contribution in [0.4, 0.5) is 5.82 Å². The maximum Gasteiger partial charge on any atom is 0.183 e. The van der Waals surface area contributed by atoms with Crippen LogP contribution in [0.2, 0.25) is 0 Å². The van der Waals surface area contributed by atoms with Crippen molar-refractivity contribution in [3.63, 3.8) is 0 Å². The molecule has 0 atom stereocenters. The number of benzene rings is 1. The van der Waals surface area contributed by atoms with E-state index in [1.54, 1.807) is 4.68 Å². The van der Waals surface area contributed by atoms with Crippen LogP contribution in [0.3, 0.4) is 0 Å². The van der Waals surface area contributed by atoms with Gasteiger partial charge in [-0.3, -0.25) is 0 Å². The lowest BCUT2D eigenvalue weighted by atomic mass is 10.1. The SMILES string of the molecule is Cc1cc2cc(CNc3ncnc4c3nnn4C)ccc2[nH]1. The predicted octanol–water partition coefficient (Wildman–Crippen LogP) is 2.16. The third-order valence-corrected chi connectivity index (χ3v) is 3.67. The second kappa shape index (κ2) is 4.80. The van der Waals surface area contributed by atoms with E-state index in [1.807, 2.05) is 7.05 Å². The van der Waals surface area contributed by atoms with Crippen LogP contribution >= 0.6 is 0 Å². The molecule has 0 radical (unpaired) electrons. The molecule has 0 aliphatic rings. The van der Waals surface area contributed by atoms with E-state index >= 15 is 0 Å². The van der Waals surface area contributed by atoms with Crippen LogP contribution < -0.4 is 5.32 Å². The van der Waals surface area contributed by atoms with Crippen LogP contribution in [0, 0.1) is 6.92 Å². The third-order valence-electron chi connectivity index (χ3n) is 3.67. The smallest absolute Gasteiger partial charge is 0.183 e. The van der Waals surface area contributed by atoms with Crippen LogP contribution in [0.1, 0.15) is 11.3 Å². The summed E-state index contributed by atoms with van der Waals surface area (Å²) in [6, 6.07) is 8.50. The Hall–Kier alpha value is -2.96. The molecule has 2 N–H and O–H groups in total. The number of anilines is 1. The fourth-order valence-electron chi connectivity index (χ4n) is 2.60. The molecule has 0 unspecified atom stereocenters. The Morgan fingerprint density at radius 3 is 3.05 bits per heavy atom. The zero-order valence-corrected chi connectivity index (χ0v) is 12.3. The topological polar surface area (TPSA) is 84.3 Å². The van der Waals surface area contributed by atoms with Crippen molar-refractivity contribution in [1.29, 1.82) is 0 Å². The van der Waals surface area contributed by atoms with Crippen LogP contribution in [-0.4, -0.2) is 29.9 Å². The summed E-state index contributed by atoms with van der Waals surface area (Å²) >= 11 is 0. The van der Waals surface area contributed by atoms with Gasteiger partial charge in [0.1, 0.15) is 6.33 Å². The van der Waals surface area contributed by atoms with Gasteiger partial charge in [0.15, 0.2) is 17.0 Å². The molecule has 0 aliphatic heterocycles. The summed E-state index contributed by atoms with van der Waals surface area (Å²) in [6.45, 7) is 2.73. The molecular weight excluding hydrogens is 278 g/mol. The number of fused-ring (bicyclic) bond motifs is 2. The first-order chi connectivity index (χ1) is 10.7. The first kappa shape index (κ1) is 12.8.